The molecule has 0 rings (SSSR count). The molecule has 0 aliphatic rings. The summed E-state index contributed by atoms with van der Waals surface area (Å²) >= 11 is 0. The van der Waals surface area contributed by atoms with E-state index in [9.17, 15) is 5.11 Å². The van der Waals surface area contributed by atoms with Gasteiger partial charge >= 0.3 is 0 Å². The van der Waals surface area contributed by atoms with Gasteiger partial charge in [0, 0.05) is 6.61 Å². The zero-order chi connectivity index (χ0) is 17.7. The van der Waals surface area contributed by atoms with Crippen LogP contribution in [0, 0.1) is 5.92 Å². The minimum atomic E-state index is 0.388. The summed E-state index contributed by atoms with van der Waals surface area (Å²) in [4.78, 5) is 0. The molecule has 0 aromatic heterocycles. The maximum absolute atomic E-state index is 9.28. The predicted molar refractivity (Wildman–Crippen MR) is 110 cm³/mol. The van der Waals surface area contributed by atoms with Crippen molar-refractivity contribution in [1.82, 2.24) is 0 Å². The van der Waals surface area contributed by atoms with E-state index in [2.05, 4.69) is 13.8 Å². The van der Waals surface area contributed by atoms with E-state index in [4.69, 9.17) is 0 Å². The Morgan fingerprint density at radius 1 is 0.458 bits per heavy atom. The molecule has 0 fully saturated rings. The zero-order valence-corrected chi connectivity index (χ0v) is 17.2. The summed E-state index contributed by atoms with van der Waals surface area (Å²) < 4.78 is 0. The quantitative estimate of drug-likeness (QED) is 0.222. The number of aliphatic hydroxyl groups is 1. The minimum Gasteiger partial charge on any atom is -0.396 e. The first kappa shape index (κ1) is 24.0. The Morgan fingerprint density at radius 3 is 1.12 bits per heavy atom. The molecule has 0 saturated carbocycles. The lowest BCUT2D eigenvalue weighted by Gasteiger charge is -2.15. The normalized spacial score (nSPS) is 11.5. The van der Waals surface area contributed by atoms with Crippen LogP contribution in [-0.2, 0) is 0 Å². The van der Waals surface area contributed by atoms with Gasteiger partial charge in [0.1, 0.15) is 0 Å². The molecule has 0 saturated heterocycles. The third-order valence-corrected chi connectivity index (χ3v) is 5.47. The van der Waals surface area contributed by atoms with Crippen molar-refractivity contribution in [1.29, 1.82) is 0 Å². The number of hydrogen-bond donors (Lipinski definition) is 1. The summed E-state index contributed by atoms with van der Waals surface area (Å²) in [6.45, 7) is 4.96. The number of aliphatic hydroxyl groups excluding tert-OH is 1. The highest BCUT2D eigenvalue weighted by Crippen LogP contribution is 2.22. The molecule has 0 bridgehead atoms. The van der Waals surface area contributed by atoms with Gasteiger partial charge in [0.25, 0.3) is 0 Å². The molecule has 146 valence electrons. The van der Waals surface area contributed by atoms with E-state index in [0.29, 0.717) is 6.61 Å². The zero-order valence-electron chi connectivity index (χ0n) is 17.2. The van der Waals surface area contributed by atoms with Crippen molar-refractivity contribution < 1.29 is 5.11 Å². The van der Waals surface area contributed by atoms with Crippen LogP contribution in [0.3, 0.4) is 0 Å². The molecule has 1 N–H and O–H groups in total. The summed E-state index contributed by atoms with van der Waals surface area (Å²) in [7, 11) is 0. The van der Waals surface area contributed by atoms with E-state index in [-0.39, 0.29) is 0 Å². The van der Waals surface area contributed by atoms with E-state index >= 15 is 0 Å². The molecule has 0 aromatic rings. The van der Waals surface area contributed by atoms with Crippen molar-refractivity contribution in [2.45, 2.75) is 136 Å². The fourth-order valence-corrected chi connectivity index (χ4v) is 3.75. The molecule has 1 nitrogen and oxygen atoms in total. The highest BCUT2D eigenvalue weighted by atomic mass is 16.3. The highest BCUT2D eigenvalue weighted by Gasteiger charge is 2.07. The third-order valence-electron chi connectivity index (χ3n) is 5.47. The average molecular weight is 341 g/mol. The van der Waals surface area contributed by atoms with Crippen LogP contribution in [0.5, 0.6) is 0 Å². The molecule has 0 radical (unpaired) electrons. The Kier molecular flexibility index (Phi) is 21.0. The van der Waals surface area contributed by atoms with Gasteiger partial charge in [0.2, 0.25) is 0 Å². The minimum absolute atomic E-state index is 0.388. The Balaban J connectivity index is 3.43. The molecular weight excluding hydrogens is 292 g/mol. The van der Waals surface area contributed by atoms with E-state index < -0.39 is 0 Å². The molecular formula is C23H48O. The maximum Gasteiger partial charge on any atom is 0.0433 e. The van der Waals surface area contributed by atoms with Gasteiger partial charge in [0.15, 0.2) is 0 Å². The maximum atomic E-state index is 9.28. The average Bonchev–Trinajstić information content (AvgIpc) is 2.59. The molecule has 0 spiro atoms. The van der Waals surface area contributed by atoms with E-state index in [1.807, 2.05) is 0 Å². The summed E-state index contributed by atoms with van der Waals surface area (Å²) in [5, 5.41) is 9.28. The van der Waals surface area contributed by atoms with E-state index in [1.165, 1.54) is 116 Å². The smallest absolute Gasteiger partial charge is 0.0433 e. The van der Waals surface area contributed by atoms with Crippen LogP contribution in [0.25, 0.3) is 0 Å². The van der Waals surface area contributed by atoms with Gasteiger partial charge in [0.05, 0.1) is 0 Å². The van der Waals surface area contributed by atoms with Crippen LogP contribution >= 0.6 is 0 Å². The summed E-state index contributed by atoms with van der Waals surface area (Å²) in [6.07, 6.45) is 26.3. The van der Waals surface area contributed by atoms with Crippen LogP contribution in [0.2, 0.25) is 0 Å². The van der Waals surface area contributed by atoms with E-state index in [1.54, 1.807) is 0 Å². The molecule has 0 amide bonds. The molecule has 0 aliphatic carbocycles. The van der Waals surface area contributed by atoms with Gasteiger partial charge in [-0.05, 0) is 12.3 Å². The van der Waals surface area contributed by atoms with Gasteiger partial charge in [-0.3, -0.25) is 0 Å². The van der Waals surface area contributed by atoms with Gasteiger partial charge < -0.3 is 5.11 Å². The monoisotopic (exact) mass is 340 g/mol. The van der Waals surface area contributed by atoms with Gasteiger partial charge in [-0.15, -0.1) is 0 Å². The molecule has 0 heterocycles. The number of unbranched alkanes of at least 4 members (excludes halogenated alkanes) is 14. The Hall–Kier alpha value is -0.0400. The first-order valence-electron chi connectivity index (χ1n) is 11.5. The second-order valence-corrected chi connectivity index (χ2v) is 7.91. The topological polar surface area (TPSA) is 20.2 Å². The predicted octanol–water partition coefficient (Wildman–Crippen LogP) is 8.05. The van der Waals surface area contributed by atoms with Crippen molar-refractivity contribution in [2.75, 3.05) is 6.61 Å². The summed E-state index contributed by atoms with van der Waals surface area (Å²) in [5.74, 6) is 0.787. The van der Waals surface area contributed by atoms with Crippen molar-refractivity contribution in [2.24, 2.45) is 5.92 Å². The van der Waals surface area contributed by atoms with Crippen LogP contribution in [0.15, 0.2) is 0 Å². The fraction of sp³-hybridized carbons (Fsp3) is 1.00. The molecule has 0 atom stereocenters. The van der Waals surface area contributed by atoms with Gasteiger partial charge in [-0.1, -0.05) is 129 Å². The van der Waals surface area contributed by atoms with E-state index in [0.717, 1.165) is 12.3 Å². The Labute approximate surface area is 154 Å². The lowest BCUT2D eigenvalue weighted by Crippen LogP contribution is -2.03. The molecule has 0 unspecified atom stereocenters. The first-order chi connectivity index (χ1) is 11.8. The first-order valence-corrected chi connectivity index (χ1v) is 11.5. The number of rotatable bonds is 20. The van der Waals surface area contributed by atoms with Crippen LogP contribution in [0.4, 0.5) is 0 Å². The van der Waals surface area contributed by atoms with Gasteiger partial charge in [-0.2, -0.15) is 0 Å². The van der Waals surface area contributed by atoms with Crippen molar-refractivity contribution in [3.63, 3.8) is 0 Å². The highest BCUT2D eigenvalue weighted by molar-refractivity contribution is 4.61. The Bertz CT molecular complexity index is 194. The second-order valence-electron chi connectivity index (χ2n) is 7.91. The summed E-state index contributed by atoms with van der Waals surface area (Å²) in [5.41, 5.74) is 0. The molecule has 24 heavy (non-hydrogen) atoms. The van der Waals surface area contributed by atoms with Crippen molar-refractivity contribution in [3.05, 3.63) is 0 Å². The standard InChI is InChI=1S/C23H48O/c1-3-5-7-9-11-13-15-17-19-23(21-22-24)20-18-16-14-12-10-8-6-4-2/h23-24H,3-22H2,1-2H3. The molecule has 0 aromatic carbocycles. The van der Waals surface area contributed by atoms with Crippen LogP contribution < -0.4 is 0 Å². The fourth-order valence-electron chi connectivity index (χ4n) is 3.75. The second kappa shape index (κ2) is 21.0. The van der Waals surface area contributed by atoms with Crippen molar-refractivity contribution in [3.8, 4) is 0 Å². The summed E-state index contributed by atoms with van der Waals surface area (Å²) in [6, 6.07) is 0. The van der Waals surface area contributed by atoms with Crippen molar-refractivity contribution >= 4 is 0 Å². The van der Waals surface area contributed by atoms with Gasteiger partial charge in [-0.25, -0.2) is 0 Å². The Morgan fingerprint density at radius 2 is 0.792 bits per heavy atom. The lowest BCUT2D eigenvalue weighted by molar-refractivity contribution is 0.241. The third kappa shape index (κ3) is 18.3. The van der Waals surface area contributed by atoms with Crippen LogP contribution in [0.1, 0.15) is 136 Å². The SMILES string of the molecule is CCCCCCCCCCC(CCO)CCCCCCCCCC. The number of hydrogen-bond acceptors (Lipinski definition) is 1. The molecule has 0 aliphatic heterocycles. The lowest BCUT2D eigenvalue weighted by atomic mass is 9.91. The molecule has 1 heteroatoms. The van der Waals surface area contributed by atoms with Crippen LogP contribution in [-0.4, -0.2) is 11.7 Å². The largest absolute Gasteiger partial charge is 0.396 e.